The average molecular weight is 288 g/mol. The number of aromatic nitrogens is 1. The molecule has 2 N–H and O–H groups in total. The molecule has 0 saturated heterocycles. The zero-order chi connectivity index (χ0) is 14.8. The van der Waals surface area contributed by atoms with Crippen LogP contribution in [-0.2, 0) is 0 Å². The van der Waals surface area contributed by atoms with Gasteiger partial charge in [0.2, 0.25) is 0 Å². The second-order valence-corrected chi connectivity index (χ2v) is 3.54. The van der Waals surface area contributed by atoms with Gasteiger partial charge in [-0.05, 0) is 24.3 Å². The number of carboxylic acids is 1. The lowest BCUT2D eigenvalue weighted by atomic mass is 10.3. The number of halogens is 3. The molecule has 2 rings (SSSR count). The Balaban J connectivity index is 2.04. The number of carbonyl (C=O) groups is 1. The summed E-state index contributed by atoms with van der Waals surface area (Å²) in [7, 11) is 0. The van der Waals surface area contributed by atoms with Crippen molar-refractivity contribution in [3.63, 3.8) is 0 Å². The predicted molar refractivity (Wildman–Crippen MR) is 59.9 cm³/mol. The molecule has 0 fully saturated rings. The molecule has 0 radical (unpaired) electrons. The van der Waals surface area contributed by atoms with Gasteiger partial charge in [0.05, 0.1) is 0 Å². The van der Waals surface area contributed by atoms with Crippen molar-refractivity contribution in [3.05, 3.63) is 36.2 Å². The Morgan fingerprint density at radius 3 is 2.45 bits per heavy atom. The summed E-state index contributed by atoms with van der Waals surface area (Å²) in [5.41, 5.74) is 0.0721. The number of hydrogen-bond acceptors (Lipinski definition) is 5. The van der Waals surface area contributed by atoms with Gasteiger partial charge in [-0.1, -0.05) is 0 Å². The first-order valence-corrected chi connectivity index (χ1v) is 5.15. The number of hydrogen-bond donors (Lipinski definition) is 2. The summed E-state index contributed by atoms with van der Waals surface area (Å²) >= 11 is 0. The minimum Gasteiger partial charge on any atom is -0.476 e. The number of nitrogens with zero attached hydrogens (tertiary/aromatic N) is 1. The average Bonchev–Trinajstić information content (AvgIpc) is 2.78. The van der Waals surface area contributed by atoms with Gasteiger partial charge in [-0.15, -0.1) is 13.2 Å². The second-order valence-electron chi connectivity index (χ2n) is 3.54. The minimum atomic E-state index is -4.76. The number of benzene rings is 1. The monoisotopic (exact) mass is 288 g/mol. The third-order valence-corrected chi connectivity index (χ3v) is 2.06. The topological polar surface area (TPSA) is 84.6 Å². The van der Waals surface area contributed by atoms with Gasteiger partial charge in [-0.25, -0.2) is 4.79 Å². The van der Waals surface area contributed by atoms with Gasteiger partial charge in [-0.2, -0.15) is 4.98 Å². The molecule has 0 aliphatic carbocycles. The molecule has 0 unspecified atom stereocenters. The van der Waals surface area contributed by atoms with Crippen LogP contribution in [0.5, 0.6) is 5.75 Å². The molecule has 0 saturated carbocycles. The number of anilines is 2. The highest BCUT2D eigenvalue weighted by molar-refractivity contribution is 5.85. The second kappa shape index (κ2) is 5.11. The number of carboxylic acid groups (broad SMARTS) is 1. The Bertz CT molecular complexity index is 607. The fraction of sp³-hybridized carbons (Fsp3) is 0.0909. The van der Waals surface area contributed by atoms with Gasteiger partial charge >= 0.3 is 12.3 Å². The van der Waals surface area contributed by atoms with E-state index in [-0.39, 0.29) is 17.5 Å². The summed E-state index contributed by atoms with van der Waals surface area (Å²) in [4.78, 5) is 14.2. The zero-order valence-electron chi connectivity index (χ0n) is 9.64. The summed E-state index contributed by atoms with van der Waals surface area (Å²) in [5, 5.41) is 11.2. The van der Waals surface area contributed by atoms with Crippen LogP contribution in [0.25, 0.3) is 0 Å². The van der Waals surface area contributed by atoms with E-state index in [4.69, 9.17) is 9.52 Å². The Morgan fingerprint density at radius 1 is 1.30 bits per heavy atom. The van der Waals surface area contributed by atoms with Gasteiger partial charge < -0.3 is 19.6 Å². The van der Waals surface area contributed by atoms with Gasteiger partial charge in [-0.3, -0.25) is 0 Å². The molecule has 0 aliphatic heterocycles. The normalized spacial score (nSPS) is 11.2. The van der Waals surface area contributed by atoms with Crippen molar-refractivity contribution in [2.45, 2.75) is 6.36 Å². The molecule has 6 nitrogen and oxygen atoms in total. The van der Waals surface area contributed by atoms with Crippen molar-refractivity contribution in [2.24, 2.45) is 0 Å². The van der Waals surface area contributed by atoms with Crippen LogP contribution in [0.15, 0.2) is 34.9 Å². The summed E-state index contributed by atoms with van der Waals surface area (Å²) in [6.45, 7) is 0. The van der Waals surface area contributed by atoms with E-state index in [9.17, 15) is 18.0 Å². The smallest absolute Gasteiger partial charge is 0.476 e. The first kappa shape index (κ1) is 13.7. The molecular formula is C11H7F3N2O4. The predicted octanol–water partition coefficient (Wildman–Crippen LogP) is 3.02. The van der Waals surface area contributed by atoms with Crippen LogP contribution < -0.4 is 10.1 Å². The Morgan fingerprint density at radius 2 is 1.95 bits per heavy atom. The van der Waals surface area contributed by atoms with Crippen LogP contribution in [0.3, 0.4) is 0 Å². The van der Waals surface area contributed by atoms with Crippen molar-refractivity contribution in [1.82, 2.24) is 4.98 Å². The molecule has 9 heteroatoms. The molecular weight excluding hydrogens is 281 g/mol. The van der Waals surface area contributed by atoms with E-state index in [2.05, 4.69) is 15.0 Å². The SMILES string of the molecule is O=C(O)c1coc(Nc2ccc(OC(F)(F)F)cc2)n1. The highest BCUT2D eigenvalue weighted by atomic mass is 19.4. The van der Waals surface area contributed by atoms with Gasteiger partial charge in [0.15, 0.2) is 5.69 Å². The number of oxazole rings is 1. The van der Waals surface area contributed by atoms with E-state index < -0.39 is 12.3 Å². The molecule has 106 valence electrons. The number of aromatic carboxylic acids is 1. The van der Waals surface area contributed by atoms with Crippen molar-refractivity contribution in [3.8, 4) is 5.75 Å². The number of ether oxygens (including phenoxy) is 1. The first-order valence-electron chi connectivity index (χ1n) is 5.15. The van der Waals surface area contributed by atoms with E-state index >= 15 is 0 Å². The molecule has 0 bridgehead atoms. The molecule has 0 atom stereocenters. The van der Waals surface area contributed by atoms with Crippen molar-refractivity contribution >= 4 is 17.7 Å². The van der Waals surface area contributed by atoms with Crippen LogP contribution >= 0.6 is 0 Å². The lowest BCUT2D eigenvalue weighted by Gasteiger charge is -2.09. The summed E-state index contributed by atoms with van der Waals surface area (Å²) in [5.74, 6) is -1.63. The van der Waals surface area contributed by atoms with Crippen LogP contribution in [0.4, 0.5) is 24.9 Å². The van der Waals surface area contributed by atoms with Crippen molar-refractivity contribution in [2.75, 3.05) is 5.32 Å². The minimum absolute atomic E-state index is 0.0908. The third kappa shape index (κ3) is 3.64. The molecule has 0 spiro atoms. The largest absolute Gasteiger partial charge is 0.573 e. The van der Waals surface area contributed by atoms with Crippen LogP contribution in [0, 0.1) is 0 Å². The van der Waals surface area contributed by atoms with E-state index in [0.717, 1.165) is 18.4 Å². The Kier molecular flexibility index (Phi) is 3.51. The van der Waals surface area contributed by atoms with E-state index in [1.54, 1.807) is 0 Å². The van der Waals surface area contributed by atoms with Crippen LogP contribution in [-0.4, -0.2) is 22.4 Å². The van der Waals surface area contributed by atoms with Gasteiger partial charge in [0.25, 0.3) is 6.01 Å². The number of rotatable bonds is 4. The first-order chi connectivity index (χ1) is 9.33. The summed E-state index contributed by atoms with van der Waals surface area (Å²) < 4.78 is 44.4. The molecule has 1 aromatic heterocycles. The van der Waals surface area contributed by atoms with E-state index in [1.165, 1.54) is 12.1 Å². The van der Waals surface area contributed by atoms with Gasteiger partial charge in [0, 0.05) is 5.69 Å². The van der Waals surface area contributed by atoms with Crippen LogP contribution in [0.2, 0.25) is 0 Å². The highest BCUT2D eigenvalue weighted by Gasteiger charge is 2.30. The van der Waals surface area contributed by atoms with Crippen molar-refractivity contribution < 1.29 is 32.2 Å². The molecule has 0 amide bonds. The standard InChI is InChI=1S/C11H7F3N2O4/c12-11(13,14)20-7-3-1-6(2-4-7)15-10-16-8(5-19-10)9(17)18/h1-5H,(H,15,16)(H,17,18). The lowest BCUT2D eigenvalue weighted by molar-refractivity contribution is -0.274. The Hall–Kier alpha value is -2.71. The highest BCUT2D eigenvalue weighted by Crippen LogP contribution is 2.25. The Labute approximate surface area is 109 Å². The lowest BCUT2D eigenvalue weighted by Crippen LogP contribution is -2.16. The third-order valence-electron chi connectivity index (χ3n) is 2.06. The van der Waals surface area contributed by atoms with E-state index in [1.807, 2.05) is 0 Å². The van der Waals surface area contributed by atoms with Crippen molar-refractivity contribution in [1.29, 1.82) is 0 Å². The van der Waals surface area contributed by atoms with E-state index in [0.29, 0.717) is 5.69 Å². The maximum atomic E-state index is 11.9. The molecule has 2 aromatic rings. The number of nitrogens with one attached hydrogen (secondary N) is 1. The van der Waals surface area contributed by atoms with Gasteiger partial charge in [0.1, 0.15) is 12.0 Å². The quantitative estimate of drug-likeness (QED) is 0.899. The zero-order valence-corrected chi connectivity index (χ0v) is 9.64. The molecule has 20 heavy (non-hydrogen) atoms. The number of alkyl halides is 3. The fourth-order valence-corrected chi connectivity index (χ4v) is 1.29. The summed E-state index contributed by atoms with van der Waals surface area (Å²) in [6.07, 6.45) is -3.82. The summed E-state index contributed by atoms with van der Waals surface area (Å²) in [6, 6.07) is 4.69. The molecule has 0 aliphatic rings. The molecule has 1 aromatic carbocycles. The molecule has 1 heterocycles. The van der Waals surface area contributed by atoms with Crippen LogP contribution in [0.1, 0.15) is 10.5 Å². The fourth-order valence-electron chi connectivity index (χ4n) is 1.29. The maximum Gasteiger partial charge on any atom is 0.573 e. The maximum absolute atomic E-state index is 11.9.